The molecule has 2 N–H and O–H groups in total. The number of nitrogens with zero attached hydrogens (tertiary/aromatic N) is 2. The van der Waals surface area contributed by atoms with Crippen molar-refractivity contribution in [3.63, 3.8) is 0 Å². The van der Waals surface area contributed by atoms with E-state index in [1.54, 1.807) is 13.8 Å². The molecule has 0 radical (unpaired) electrons. The van der Waals surface area contributed by atoms with Crippen molar-refractivity contribution >= 4 is 11.9 Å². The zero-order valence-electron chi connectivity index (χ0n) is 15.5. The number of aliphatic carboxylic acids is 1. The second kappa shape index (κ2) is 6.94. The number of hydrogen-bond acceptors (Lipinski definition) is 3. The first-order valence-electron chi connectivity index (χ1n) is 8.99. The fourth-order valence-corrected chi connectivity index (χ4v) is 3.14. The highest BCUT2D eigenvalue weighted by atomic mass is 16.4. The first kappa shape index (κ1) is 18.2. The average molecular weight is 355 g/mol. The topological polar surface area (TPSA) is 84.2 Å². The van der Waals surface area contributed by atoms with E-state index < -0.39 is 11.4 Å². The Morgan fingerprint density at radius 3 is 2.50 bits per heavy atom. The third kappa shape index (κ3) is 3.49. The molecule has 0 spiro atoms. The molecule has 0 bridgehead atoms. The summed E-state index contributed by atoms with van der Waals surface area (Å²) in [6.07, 6.45) is 3.83. The summed E-state index contributed by atoms with van der Waals surface area (Å²) >= 11 is 0. The molecule has 26 heavy (non-hydrogen) atoms. The number of carbonyl (C=O) groups excluding carboxylic acids is 1. The zero-order chi connectivity index (χ0) is 18.9. The Balaban J connectivity index is 1.91. The summed E-state index contributed by atoms with van der Waals surface area (Å²) in [6, 6.07) is 8.07. The van der Waals surface area contributed by atoms with Crippen molar-refractivity contribution in [2.24, 2.45) is 5.41 Å². The van der Waals surface area contributed by atoms with Gasteiger partial charge in [0, 0.05) is 17.8 Å². The monoisotopic (exact) mass is 355 g/mol. The Hall–Kier alpha value is -2.63. The van der Waals surface area contributed by atoms with Crippen molar-refractivity contribution < 1.29 is 14.7 Å². The van der Waals surface area contributed by atoms with Crippen LogP contribution in [0.3, 0.4) is 0 Å². The highest BCUT2D eigenvalue weighted by molar-refractivity contribution is 5.94. The number of aryl methyl sites for hydroxylation is 1. The van der Waals surface area contributed by atoms with Crippen LogP contribution in [-0.2, 0) is 17.6 Å². The lowest BCUT2D eigenvalue weighted by Gasteiger charge is -2.19. The predicted octanol–water partition coefficient (Wildman–Crippen LogP) is 2.90. The molecule has 1 amide bonds. The third-order valence-corrected chi connectivity index (χ3v) is 4.94. The van der Waals surface area contributed by atoms with Crippen LogP contribution in [0, 0.1) is 12.3 Å². The van der Waals surface area contributed by atoms with Crippen LogP contribution in [-0.4, -0.2) is 33.3 Å². The smallest absolute Gasteiger partial charge is 0.310 e. The number of benzene rings is 1. The Morgan fingerprint density at radius 2 is 1.85 bits per heavy atom. The van der Waals surface area contributed by atoms with Crippen molar-refractivity contribution in [3.8, 4) is 5.69 Å². The van der Waals surface area contributed by atoms with Crippen LogP contribution in [0.25, 0.3) is 5.69 Å². The quantitative estimate of drug-likeness (QED) is 0.864. The van der Waals surface area contributed by atoms with Gasteiger partial charge >= 0.3 is 5.97 Å². The largest absolute Gasteiger partial charge is 0.481 e. The van der Waals surface area contributed by atoms with Crippen LogP contribution < -0.4 is 5.32 Å². The number of rotatable bonds is 5. The Bertz CT molecular complexity index is 835. The molecule has 0 atom stereocenters. The highest BCUT2D eigenvalue weighted by Gasteiger charge is 2.30. The second-order valence-corrected chi connectivity index (χ2v) is 7.60. The van der Waals surface area contributed by atoms with Gasteiger partial charge in [-0.05, 0) is 58.6 Å². The minimum atomic E-state index is -1.02. The van der Waals surface area contributed by atoms with Crippen molar-refractivity contribution in [1.29, 1.82) is 0 Å². The minimum Gasteiger partial charge on any atom is -0.481 e. The van der Waals surface area contributed by atoms with Crippen LogP contribution in [0.15, 0.2) is 24.3 Å². The fraction of sp³-hybridized carbons (Fsp3) is 0.450. The Morgan fingerprint density at radius 1 is 1.19 bits per heavy atom. The number of carbonyl (C=O) groups is 2. The zero-order valence-corrected chi connectivity index (χ0v) is 15.5. The van der Waals surface area contributed by atoms with Crippen molar-refractivity contribution in [2.75, 3.05) is 6.54 Å². The van der Waals surface area contributed by atoms with Gasteiger partial charge in [0.1, 0.15) is 0 Å². The van der Waals surface area contributed by atoms with Crippen LogP contribution in [0.2, 0.25) is 0 Å². The summed E-state index contributed by atoms with van der Waals surface area (Å²) in [5.41, 5.74) is 3.59. The SMILES string of the molecule is Cc1ccc(-n2nc(C(=O)NCC(C)(C)C(=O)O)c3c2CCCC3)cc1. The summed E-state index contributed by atoms with van der Waals surface area (Å²) < 4.78 is 1.87. The van der Waals surface area contributed by atoms with Crippen LogP contribution >= 0.6 is 0 Å². The van der Waals surface area contributed by atoms with Gasteiger partial charge in [0.15, 0.2) is 5.69 Å². The molecule has 2 aromatic rings. The number of carboxylic acid groups (broad SMARTS) is 1. The van der Waals surface area contributed by atoms with Gasteiger partial charge in [-0.3, -0.25) is 9.59 Å². The molecule has 0 saturated carbocycles. The van der Waals surface area contributed by atoms with Crippen LogP contribution in [0.1, 0.15) is 54.0 Å². The molecule has 1 aliphatic rings. The lowest BCUT2D eigenvalue weighted by atomic mass is 9.93. The maximum absolute atomic E-state index is 12.7. The number of fused-ring (bicyclic) bond motifs is 1. The van der Waals surface area contributed by atoms with Gasteiger partial charge in [0.2, 0.25) is 0 Å². The van der Waals surface area contributed by atoms with E-state index in [2.05, 4.69) is 10.4 Å². The van der Waals surface area contributed by atoms with E-state index in [0.717, 1.165) is 42.6 Å². The van der Waals surface area contributed by atoms with Crippen molar-refractivity contribution in [2.45, 2.75) is 46.5 Å². The molecule has 0 unspecified atom stereocenters. The molecule has 0 saturated heterocycles. The summed E-state index contributed by atoms with van der Waals surface area (Å²) in [5, 5.41) is 16.6. The lowest BCUT2D eigenvalue weighted by Crippen LogP contribution is -2.39. The molecule has 3 rings (SSSR count). The lowest BCUT2D eigenvalue weighted by molar-refractivity contribution is -0.146. The summed E-state index contributed by atoms with van der Waals surface area (Å²) in [7, 11) is 0. The van der Waals surface area contributed by atoms with Gasteiger partial charge in [0.05, 0.1) is 11.1 Å². The molecule has 1 aliphatic carbocycles. The highest BCUT2D eigenvalue weighted by Crippen LogP contribution is 2.27. The van der Waals surface area contributed by atoms with E-state index in [1.165, 1.54) is 5.56 Å². The molecular weight excluding hydrogens is 330 g/mol. The molecule has 138 valence electrons. The van der Waals surface area contributed by atoms with E-state index >= 15 is 0 Å². The molecule has 1 heterocycles. The predicted molar refractivity (Wildman–Crippen MR) is 98.7 cm³/mol. The summed E-state index contributed by atoms with van der Waals surface area (Å²) in [6.45, 7) is 5.28. The van der Waals surface area contributed by atoms with Gasteiger partial charge in [-0.25, -0.2) is 4.68 Å². The maximum atomic E-state index is 12.7. The Labute approximate surface area is 153 Å². The molecule has 6 heteroatoms. The van der Waals surface area contributed by atoms with E-state index in [4.69, 9.17) is 0 Å². The van der Waals surface area contributed by atoms with Gasteiger partial charge in [-0.15, -0.1) is 0 Å². The van der Waals surface area contributed by atoms with E-state index in [-0.39, 0.29) is 12.5 Å². The van der Waals surface area contributed by atoms with Gasteiger partial charge in [-0.1, -0.05) is 17.7 Å². The Kier molecular flexibility index (Phi) is 4.85. The first-order valence-corrected chi connectivity index (χ1v) is 8.99. The standard InChI is InChI=1S/C20H25N3O3/c1-13-8-10-14(11-9-13)23-16-7-5-4-6-15(16)17(22-23)18(24)21-12-20(2,3)19(25)26/h8-11H,4-7,12H2,1-3H3,(H,21,24)(H,25,26). The minimum absolute atomic E-state index is 0.0628. The molecule has 6 nitrogen and oxygen atoms in total. The van der Waals surface area contributed by atoms with E-state index in [9.17, 15) is 14.7 Å². The summed E-state index contributed by atoms with van der Waals surface area (Å²) in [4.78, 5) is 24.0. The van der Waals surface area contributed by atoms with E-state index in [0.29, 0.717) is 5.69 Å². The number of hydrogen-bond donors (Lipinski definition) is 2. The first-order chi connectivity index (χ1) is 12.3. The molecule has 1 aromatic heterocycles. The van der Waals surface area contributed by atoms with Crippen molar-refractivity contribution in [1.82, 2.24) is 15.1 Å². The van der Waals surface area contributed by atoms with Gasteiger partial charge < -0.3 is 10.4 Å². The third-order valence-electron chi connectivity index (χ3n) is 4.94. The number of nitrogens with one attached hydrogen (secondary N) is 1. The molecule has 0 aliphatic heterocycles. The van der Waals surface area contributed by atoms with Crippen molar-refractivity contribution in [3.05, 3.63) is 46.8 Å². The number of carboxylic acids is 1. The van der Waals surface area contributed by atoms with Gasteiger partial charge in [0.25, 0.3) is 5.91 Å². The number of aromatic nitrogens is 2. The van der Waals surface area contributed by atoms with Crippen LogP contribution in [0.5, 0.6) is 0 Å². The van der Waals surface area contributed by atoms with E-state index in [1.807, 2.05) is 35.9 Å². The molecular formula is C20H25N3O3. The van der Waals surface area contributed by atoms with Gasteiger partial charge in [-0.2, -0.15) is 5.10 Å². The second-order valence-electron chi connectivity index (χ2n) is 7.60. The number of amides is 1. The molecule has 1 aromatic carbocycles. The van der Waals surface area contributed by atoms with Crippen LogP contribution in [0.4, 0.5) is 0 Å². The maximum Gasteiger partial charge on any atom is 0.310 e. The average Bonchev–Trinajstić information content (AvgIpc) is 3.00. The fourth-order valence-electron chi connectivity index (χ4n) is 3.14. The normalized spacial score (nSPS) is 14.0. The molecule has 0 fully saturated rings. The summed E-state index contributed by atoms with van der Waals surface area (Å²) in [5.74, 6) is -1.24.